The average Bonchev–Trinajstić information content (AvgIpc) is 3.87. The number of hydrogen-bond donors (Lipinski definition) is 4. The number of sulfonamides is 1. The predicted octanol–water partition coefficient (Wildman–Crippen LogP) is 3.11. The Morgan fingerprint density at radius 2 is 1.88 bits per heavy atom. The molecule has 0 spiro atoms. The van der Waals surface area contributed by atoms with Crippen LogP contribution in [0.2, 0.25) is 5.02 Å². The molecule has 1 heterocycles. The fourth-order valence-corrected chi connectivity index (χ4v) is 7.04. The second kappa shape index (κ2) is 16.2. The van der Waals surface area contributed by atoms with Crippen LogP contribution >= 0.6 is 11.6 Å². The Morgan fingerprint density at radius 1 is 1.17 bits per heavy atom. The minimum atomic E-state index is -3.82. The van der Waals surface area contributed by atoms with Crippen LogP contribution in [0, 0.1) is 17.2 Å². The predicted molar refractivity (Wildman–Crippen MR) is 169 cm³/mol. The van der Waals surface area contributed by atoms with E-state index in [2.05, 4.69) is 25.0 Å². The largest absolute Gasteiger partial charge is 0.530 e. The summed E-state index contributed by atoms with van der Waals surface area (Å²) in [5, 5.41) is 27.7. The van der Waals surface area contributed by atoms with Gasteiger partial charge in [0.05, 0.1) is 29.4 Å². The summed E-state index contributed by atoms with van der Waals surface area (Å²) >= 11 is 6.06. The molecule has 2 amide bonds. The molecule has 0 saturated heterocycles. The van der Waals surface area contributed by atoms with Crippen LogP contribution in [-0.4, -0.2) is 71.9 Å². The Balaban J connectivity index is 1.63. The van der Waals surface area contributed by atoms with E-state index in [1.54, 1.807) is 30.3 Å². The molecule has 0 radical (unpaired) electrons. The first-order valence-corrected chi connectivity index (χ1v) is 16.9. The van der Waals surface area contributed by atoms with Gasteiger partial charge in [0.2, 0.25) is 21.0 Å². The van der Waals surface area contributed by atoms with Crippen molar-refractivity contribution >= 4 is 39.3 Å². The fraction of sp³-hybridized carbons (Fsp3) is 0.387. The van der Waals surface area contributed by atoms with Crippen molar-refractivity contribution in [2.75, 3.05) is 18.4 Å². The van der Waals surface area contributed by atoms with Crippen LogP contribution in [0.25, 0.3) is 0 Å². The van der Waals surface area contributed by atoms with Crippen molar-refractivity contribution in [2.45, 2.75) is 62.0 Å². The zero-order valence-corrected chi connectivity index (χ0v) is 27.3. The molecule has 1 aliphatic rings. The van der Waals surface area contributed by atoms with Crippen LogP contribution in [0.5, 0.6) is 0 Å². The molecule has 1 aromatic heterocycles. The topological polar surface area (TPSA) is 202 Å². The number of hydrogen-bond acceptors (Lipinski definition) is 9. The number of anilines is 1. The maximum atomic E-state index is 15.3. The molecule has 1 saturated carbocycles. The number of aromatic nitrogens is 1. The maximum absolute atomic E-state index is 15.3. The first-order chi connectivity index (χ1) is 22.8. The summed E-state index contributed by atoms with van der Waals surface area (Å²) in [7, 11) is -3.82. The standard InChI is InChI=1S/C31H34ClF2N7O6S/c1-18(42)16-41(31(44)45)17-23(39-48(46,47)24-10-11-24)9-12-25-26(34)14-36-15-27(25)37-30(43)29(38-40-35)28(19-5-7-21(32)8-6-19)20-3-2-4-22(33)13-20/h2-8,13-15,18,23-24,28-29,35,39,42H,9-12,16-17H2,1H3,(H-,37,43,44,45)/t18?,23?,28-,29-/m0/s1. The molecule has 2 aromatic carbocycles. The highest BCUT2D eigenvalue weighted by molar-refractivity contribution is 7.90. The van der Waals surface area contributed by atoms with Gasteiger partial charge in [0.25, 0.3) is 5.91 Å². The molecule has 4 rings (SSSR count). The number of aliphatic hydroxyl groups is 1. The summed E-state index contributed by atoms with van der Waals surface area (Å²) < 4.78 is 57.7. The number of carboxylic acid groups (broad SMARTS) is 1. The van der Waals surface area contributed by atoms with Gasteiger partial charge in [-0.05, 0) is 68.0 Å². The molecule has 3 aromatic rings. The second-order valence-electron chi connectivity index (χ2n) is 11.5. The number of benzene rings is 2. The van der Waals surface area contributed by atoms with Gasteiger partial charge in [-0.3, -0.25) is 9.78 Å². The molecule has 1 aliphatic carbocycles. The zero-order chi connectivity index (χ0) is 35.0. The molecule has 4 N–H and O–H groups in total. The minimum Gasteiger partial charge on any atom is -0.530 e. The van der Waals surface area contributed by atoms with Crippen LogP contribution < -0.4 is 20.1 Å². The minimum absolute atomic E-state index is 0.0696. The Labute approximate surface area is 280 Å². The highest BCUT2D eigenvalue weighted by Gasteiger charge is 2.38. The van der Waals surface area contributed by atoms with E-state index in [4.69, 9.17) is 17.1 Å². The van der Waals surface area contributed by atoms with Crippen LogP contribution in [0.15, 0.2) is 66.0 Å². The lowest BCUT2D eigenvalue weighted by molar-refractivity contribution is -0.266. The number of aliphatic hydroxyl groups excluding tert-OH is 1. The van der Waals surface area contributed by atoms with Crippen molar-refractivity contribution in [3.63, 3.8) is 0 Å². The van der Waals surface area contributed by atoms with E-state index in [9.17, 15) is 32.6 Å². The van der Waals surface area contributed by atoms with E-state index < -0.39 is 69.6 Å². The van der Waals surface area contributed by atoms with Gasteiger partial charge in [-0.25, -0.2) is 21.9 Å². The summed E-state index contributed by atoms with van der Waals surface area (Å²) in [5.41, 5.74) is 8.08. The van der Waals surface area contributed by atoms with Crippen LogP contribution in [0.4, 0.5) is 19.3 Å². The van der Waals surface area contributed by atoms with Gasteiger partial charge in [-0.15, -0.1) is 0 Å². The van der Waals surface area contributed by atoms with Crippen molar-refractivity contribution in [2.24, 2.45) is 5.11 Å². The number of rotatable bonds is 16. The molecule has 13 nitrogen and oxygen atoms in total. The summed E-state index contributed by atoms with van der Waals surface area (Å²) in [6.45, 7) is 0.622. The number of carbonyl (C=O) groups is 2. The van der Waals surface area contributed by atoms with E-state index >= 15 is 4.39 Å². The molecule has 1 fully saturated rings. The van der Waals surface area contributed by atoms with E-state index in [0.29, 0.717) is 29.0 Å². The third-order valence-corrected chi connectivity index (χ3v) is 9.95. The Hall–Kier alpha value is -4.34. The van der Waals surface area contributed by atoms with E-state index in [0.717, 1.165) is 11.1 Å². The SMILES string of the molecule is CC(O)CN(CC(CCc1c(F)cncc1NC(=O)[C@@H](N=[N+]=N)[C@@H](c1ccc(Cl)cc1)c1cccc(F)c1)NS(=O)(=O)C1CC1)C(=O)[O-]. The summed E-state index contributed by atoms with van der Waals surface area (Å²) in [6.07, 6.45) is -0.0389. The molecule has 0 aliphatic heterocycles. The van der Waals surface area contributed by atoms with Crippen LogP contribution in [0.3, 0.4) is 0 Å². The monoisotopic (exact) mass is 705 g/mol. The molecule has 4 atom stereocenters. The van der Waals surface area contributed by atoms with E-state index in [1.165, 1.54) is 31.3 Å². The Bertz CT molecular complexity index is 1770. The third-order valence-electron chi connectivity index (χ3n) is 7.69. The van der Waals surface area contributed by atoms with Gasteiger partial charge >= 0.3 is 0 Å². The molecular weight excluding hydrogens is 672 g/mol. The number of nitrogens with one attached hydrogen (secondary N) is 3. The van der Waals surface area contributed by atoms with Gasteiger partial charge in [0.15, 0.2) is 0 Å². The summed E-state index contributed by atoms with van der Waals surface area (Å²) in [4.78, 5) is 33.3. The van der Waals surface area contributed by atoms with E-state index in [1.807, 2.05) is 0 Å². The molecule has 48 heavy (non-hydrogen) atoms. The van der Waals surface area contributed by atoms with Crippen molar-refractivity contribution in [1.82, 2.24) is 19.5 Å². The van der Waals surface area contributed by atoms with Gasteiger partial charge in [-0.1, -0.05) is 35.9 Å². The fourth-order valence-electron chi connectivity index (χ4n) is 5.31. The van der Waals surface area contributed by atoms with Gasteiger partial charge in [0.1, 0.15) is 28.4 Å². The van der Waals surface area contributed by atoms with Crippen molar-refractivity contribution in [3.05, 3.63) is 94.3 Å². The van der Waals surface area contributed by atoms with Crippen LogP contribution in [0.1, 0.15) is 48.8 Å². The smallest absolute Gasteiger partial charge is 0.257 e. The molecule has 17 heteroatoms. The first-order valence-electron chi connectivity index (χ1n) is 14.9. The second-order valence-corrected chi connectivity index (χ2v) is 13.9. The van der Waals surface area contributed by atoms with Gasteiger partial charge < -0.3 is 25.2 Å². The van der Waals surface area contributed by atoms with Crippen molar-refractivity contribution in [3.8, 4) is 0 Å². The number of halogens is 3. The van der Waals surface area contributed by atoms with Crippen molar-refractivity contribution < 1.29 is 37.0 Å². The number of amides is 2. The maximum Gasteiger partial charge on any atom is 0.257 e. The number of nitrogens with zero attached hydrogens (tertiary/aromatic N) is 4. The van der Waals surface area contributed by atoms with E-state index in [-0.39, 0.29) is 30.6 Å². The van der Waals surface area contributed by atoms with Gasteiger partial charge in [-0.2, -0.15) is 0 Å². The highest BCUT2D eigenvalue weighted by Crippen LogP contribution is 2.33. The Morgan fingerprint density at radius 3 is 2.48 bits per heavy atom. The number of carbonyl (C=O) groups excluding carboxylic acids is 2. The quantitative estimate of drug-likeness (QED) is 0.129. The zero-order valence-electron chi connectivity index (χ0n) is 25.7. The van der Waals surface area contributed by atoms with Crippen molar-refractivity contribution in [1.29, 1.82) is 5.53 Å². The lowest BCUT2D eigenvalue weighted by atomic mass is 9.84. The molecule has 2 unspecified atom stereocenters. The first kappa shape index (κ1) is 36.5. The lowest BCUT2D eigenvalue weighted by Crippen LogP contribution is -2.52. The summed E-state index contributed by atoms with van der Waals surface area (Å²) in [5.74, 6) is -3.21. The van der Waals surface area contributed by atoms with Crippen LogP contribution in [-0.2, 0) is 21.2 Å². The summed E-state index contributed by atoms with van der Waals surface area (Å²) in [6, 6.07) is 9.34. The average molecular weight is 706 g/mol. The molecule has 256 valence electrons. The normalized spacial score (nSPS) is 15.4. The molecule has 0 bridgehead atoms. The van der Waals surface area contributed by atoms with Gasteiger partial charge in [0, 0.05) is 35.6 Å². The highest BCUT2D eigenvalue weighted by atomic mass is 35.5. The lowest BCUT2D eigenvalue weighted by Gasteiger charge is -2.31. The number of pyridine rings is 1. The Kier molecular flexibility index (Phi) is 12.3. The molecular formula is C31H34ClF2N7O6S. The third kappa shape index (κ3) is 9.84.